The Hall–Kier alpha value is -1.43. The molecule has 0 aliphatic carbocycles. The van der Waals surface area contributed by atoms with E-state index in [-0.39, 0.29) is 0 Å². The van der Waals surface area contributed by atoms with Gasteiger partial charge >= 0.3 is 0 Å². The number of aromatic nitrogens is 5. The zero-order valence-corrected chi connectivity index (χ0v) is 7.95. The number of hydrogen-bond acceptors (Lipinski definition) is 3. The van der Waals surface area contributed by atoms with Gasteiger partial charge in [0.15, 0.2) is 4.77 Å². The first kappa shape index (κ1) is 8.18. The first-order valence-corrected chi connectivity index (χ1v) is 4.24. The van der Waals surface area contributed by atoms with Crippen LogP contribution in [-0.4, -0.2) is 24.3 Å². The molecule has 2 aromatic rings. The van der Waals surface area contributed by atoms with Crippen LogP contribution in [-0.2, 0) is 13.6 Å². The smallest absolute Gasteiger partial charge is 0.195 e. The number of aromatic amines is 1. The van der Waals surface area contributed by atoms with E-state index in [2.05, 4.69) is 15.2 Å². The van der Waals surface area contributed by atoms with E-state index in [1.807, 2.05) is 22.4 Å². The molecule has 13 heavy (non-hydrogen) atoms. The van der Waals surface area contributed by atoms with E-state index >= 15 is 0 Å². The molecule has 2 heterocycles. The highest BCUT2D eigenvalue weighted by molar-refractivity contribution is 7.71. The molecule has 5 nitrogen and oxygen atoms in total. The molecule has 0 saturated heterocycles. The molecule has 0 spiro atoms. The van der Waals surface area contributed by atoms with Crippen molar-refractivity contribution in [3.8, 4) is 0 Å². The van der Waals surface area contributed by atoms with Crippen molar-refractivity contribution >= 4 is 12.2 Å². The van der Waals surface area contributed by atoms with Crippen LogP contribution in [0.4, 0.5) is 0 Å². The Morgan fingerprint density at radius 3 is 3.00 bits per heavy atom. The lowest BCUT2D eigenvalue weighted by atomic mass is 10.6. The molecule has 68 valence electrons. The fourth-order valence-electron chi connectivity index (χ4n) is 1.08. The second kappa shape index (κ2) is 3.14. The van der Waals surface area contributed by atoms with Crippen LogP contribution in [0.5, 0.6) is 0 Å². The van der Waals surface area contributed by atoms with Crippen molar-refractivity contribution in [2.45, 2.75) is 6.54 Å². The summed E-state index contributed by atoms with van der Waals surface area (Å²) in [6.45, 7) is 0.652. The molecule has 0 fully saturated rings. The van der Waals surface area contributed by atoms with Gasteiger partial charge in [-0.2, -0.15) is 5.10 Å². The van der Waals surface area contributed by atoms with Gasteiger partial charge < -0.3 is 4.57 Å². The van der Waals surface area contributed by atoms with E-state index in [9.17, 15) is 0 Å². The number of imidazole rings is 1. The molecule has 2 aromatic heterocycles. The lowest BCUT2D eigenvalue weighted by Gasteiger charge is -2.00. The van der Waals surface area contributed by atoms with Gasteiger partial charge in [0.2, 0.25) is 0 Å². The minimum Gasteiger partial charge on any atom is -0.337 e. The number of aryl methyl sites for hydroxylation is 1. The summed E-state index contributed by atoms with van der Waals surface area (Å²) in [5.74, 6) is 0.956. The number of hydrogen-bond donors (Lipinski definition) is 1. The van der Waals surface area contributed by atoms with Gasteiger partial charge in [0, 0.05) is 19.4 Å². The molecule has 0 saturated carbocycles. The maximum absolute atomic E-state index is 5.01. The van der Waals surface area contributed by atoms with E-state index in [1.165, 1.54) is 0 Å². The molecule has 2 rings (SSSR count). The number of nitrogens with one attached hydrogen (secondary N) is 1. The monoisotopic (exact) mass is 195 g/mol. The minimum atomic E-state index is 0.614. The summed E-state index contributed by atoms with van der Waals surface area (Å²) in [7, 11) is 1.95. The van der Waals surface area contributed by atoms with Gasteiger partial charge in [-0.15, -0.1) is 0 Å². The van der Waals surface area contributed by atoms with E-state index in [0.29, 0.717) is 11.3 Å². The summed E-state index contributed by atoms with van der Waals surface area (Å²) < 4.78 is 4.40. The summed E-state index contributed by atoms with van der Waals surface area (Å²) >= 11 is 5.01. The molecular weight excluding hydrogens is 186 g/mol. The predicted molar refractivity (Wildman–Crippen MR) is 49.7 cm³/mol. The first-order chi connectivity index (χ1) is 6.27. The minimum absolute atomic E-state index is 0.614. The van der Waals surface area contributed by atoms with Crippen LogP contribution >= 0.6 is 12.2 Å². The average Bonchev–Trinajstić information content (AvgIpc) is 2.65. The fraction of sp³-hybridized carbons (Fsp3) is 0.286. The SMILES string of the molecule is Cn1ccnc1Cn1cn[nH]c1=S. The number of rotatable bonds is 2. The second-order valence-corrected chi connectivity index (χ2v) is 3.13. The van der Waals surface area contributed by atoms with Gasteiger partial charge in [0.1, 0.15) is 12.2 Å². The molecule has 0 unspecified atom stereocenters. The summed E-state index contributed by atoms with van der Waals surface area (Å²) in [4.78, 5) is 4.19. The second-order valence-electron chi connectivity index (χ2n) is 2.74. The van der Waals surface area contributed by atoms with Crippen molar-refractivity contribution in [2.24, 2.45) is 7.05 Å². The molecule has 0 atom stereocenters. The Balaban J connectivity index is 2.29. The maximum atomic E-state index is 5.01. The van der Waals surface area contributed by atoms with Gasteiger partial charge in [0.05, 0.1) is 6.54 Å². The van der Waals surface area contributed by atoms with Crippen LogP contribution in [0.25, 0.3) is 0 Å². The zero-order chi connectivity index (χ0) is 9.26. The molecular formula is C7H9N5S. The average molecular weight is 195 g/mol. The van der Waals surface area contributed by atoms with Crippen LogP contribution in [0.1, 0.15) is 5.82 Å². The topological polar surface area (TPSA) is 51.4 Å². The van der Waals surface area contributed by atoms with Crippen molar-refractivity contribution in [1.82, 2.24) is 24.3 Å². The Bertz CT molecular complexity index is 451. The molecule has 0 amide bonds. The molecule has 0 bridgehead atoms. The molecule has 0 aliphatic heterocycles. The molecule has 0 radical (unpaired) electrons. The highest BCUT2D eigenvalue weighted by Gasteiger charge is 2.00. The Morgan fingerprint density at radius 1 is 1.62 bits per heavy atom. The quantitative estimate of drug-likeness (QED) is 0.718. The van der Waals surface area contributed by atoms with Crippen molar-refractivity contribution in [2.75, 3.05) is 0 Å². The van der Waals surface area contributed by atoms with E-state index in [0.717, 1.165) is 5.82 Å². The van der Waals surface area contributed by atoms with Crippen LogP contribution in [0.2, 0.25) is 0 Å². The lowest BCUT2D eigenvalue weighted by molar-refractivity contribution is 0.691. The van der Waals surface area contributed by atoms with E-state index in [1.54, 1.807) is 12.5 Å². The van der Waals surface area contributed by atoms with Gasteiger partial charge in [-0.3, -0.25) is 9.67 Å². The lowest BCUT2D eigenvalue weighted by Crippen LogP contribution is -2.04. The van der Waals surface area contributed by atoms with E-state index < -0.39 is 0 Å². The van der Waals surface area contributed by atoms with Crippen molar-refractivity contribution < 1.29 is 0 Å². The van der Waals surface area contributed by atoms with Gasteiger partial charge in [-0.05, 0) is 12.2 Å². The van der Waals surface area contributed by atoms with Crippen LogP contribution in [0, 0.1) is 4.77 Å². The van der Waals surface area contributed by atoms with Crippen LogP contribution < -0.4 is 0 Å². The third kappa shape index (κ3) is 1.52. The van der Waals surface area contributed by atoms with Crippen molar-refractivity contribution in [1.29, 1.82) is 0 Å². The third-order valence-electron chi connectivity index (χ3n) is 1.85. The Kier molecular flexibility index (Phi) is 1.97. The van der Waals surface area contributed by atoms with Gasteiger partial charge in [-0.25, -0.2) is 4.98 Å². The molecule has 0 aromatic carbocycles. The maximum Gasteiger partial charge on any atom is 0.195 e. The van der Waals surface area contributed by atoms with Gasteiger partial charge in [0.25, 0.3) is 0 Å². The predicted octanol–water partition coefficient (Wildman–Crippen LogP) is 0.722. The third-order valence-corrected chi connectivity index (χ3v) is 2.18. The van der Waals surface area contributed by atoms with Crippen LogP contribution in [0.15, 0.2) is 18.7 Å². The number of H-pyrrole nitrogens is 1. The number of nitrogens with zero attached hydrogens (tertiary/aromatic N) is 4. The first-order valence-electron chi connectivity index (χ1n) is 3.83. The highest BCUT2D eigenvalue weighted by atomic mass is 32.1. The molecule has 1 N–H and O–H groups in total. The highest BCUT2D eigenvalue weighted by Crippen LogP contribution is 1.98. The molecule has 0 aliphatic rings. The van der Waals surface area contributed by atoms with Crippen molar-refractivity contribution in [3.05, 3.63) is 29.3 Å². The van der Waals surface area contributed by atoms with Gasteiger partial charge in [-0.1, -0.05) is 0 Å². The Morgan fingerprint density at radius 2 is 2.46 bits per heavy atom. The molecule has 6 heteroatoms. The van der Waals surface area contributed by atoms with Crippen LogP contribution in [0.3, 0.4) is 0 Å². The van der Waals surface area contributed by atoms with E-state index in [4.69, 9.17) is 12.2 Å². The summed E-state index contributed by atoms with van der Waals surface area (Å²) in [5, 5.41) is 6.52. The largest absolute Gasteiger partial charge is 0.337 e. The fourth-order valence-corrected chi connectivity index (χ4v) is 1.25. The zero-order valence-electron chi connectivity index (χ0n) is 7.14. The Labute approximate surface area is 80.0 Å². The van der Waals surface area contributed by atoms with Crippen molar-refractivity contribution in [3.63, 3.8) is 0 Å². The normalized spacial score (nSPS) is 10.5. The standard InChI is InChI=1S/C7H9N5S/c1-11-3-2-8-6(11)4-12-5-9-10-7(12)13/h2-3,5H,4H2,1H3,(H,10,13). The summed E-state index contributed by atoms with van der Waals surface area (Å²) in [6, 6.07) is 0. The summed E-state index contributed by atoms with van der Waals surface area (Å²) in [5.41, 5.74) is 0. The summed E-state index contributed by atoms with van der Waals surface area (Å²) in [6.07, 6.45) is 5.33.